The van der Waals surface area contributed by atoms with E-state index < -0.39 is 0 Å². The molecule has 0 radical (unpaired) electrons. The van der Waals surface area contributed by atoms with Crippen LogP contribution in [0.1, 0.15) is 11.1 Å². The van der Waals surface area contributed by atoms with Crippen LogP contribution in [0.4, 0.5) is 4.39 Å². The maximum Gasteiger partial charge on any atom is 0.125 e. The Morgan fingerprint density at radius 3 is 2.61 bits per heavy atom. The molecule has 94 valence electrons. The van der Waals surface area contributed by atoms with Gasteiger partial charge in [0.25, 0.3) is 0 Å². The smallest absolute Gasteiger partial charge is 0.125 e. The Bertz CT molecular complexity index is 482. The fraction of sp³-hybridized carbons (Fsp3) is 0.214. The minimum Gasteiger partial charge on any atom is -0.312 e. The molecule has 1 N–H and O–H groups in total. The zero-order chi connectivity index (χ0) is 12.8. The normalized spacial score (nSPS) is 10.6. The summed E-state index contributed by atoms with van der Waals surface area (Å²) in [6.07, 6.45) is 4.48. The van der Waals surface area contributed by atoms with E-state index in [-0.39, 0.29) is 5.82 Å². The van der Waals surface area contributed by atoms with Gasteiger partial charge in [0, 0.05) is 24.0 Å². The summed E-state index contributed by atoms with van der Waals surface area (Å²) in [5.41, 5.74) is 2.09. The summed E-state index contributed by atoms with van der Waals surface area (Å²) in [7, 11) is 0. The van der Waals surface area contributed by atoms with Gasteiger partial charge < -0.3 is 5.32 Å². The fourth-order valence-corrected chi connectivity index (χ4v) is 1.97. The van der Waals surface area contributed by atoms with Crippen LogP contribution in [0.3, 0.4) is 0 Å². The Hall–Kier alpha value is -1.45. The Morgan fingerprint density at radius 2 is 1.89 bits per heavy atom. The molecule has 4 heteroatoms. The molecule has 0 atom stereocenters. The van der Waals surface area contributed by atoms with E-state index in [9.17, 15) is 4.39 Å². The number of benzene rings is 1. The summed E-state index contributed by atoms with van der Waals surface area (Å²) >= 11 is 5.78. The van der Waals surface area contributed by atoms with Gasteiger partial charge in [0.2, 0.25) is 0 Å². The number of aromatic nitrogens is 1. The van der Waals surface area contributed by atoms with Crippen molar-refractivity contribution in [3.63, 3.8) is 0 Å². The molecule has 0 amide bonds. The quantitative estimate of drug-likeness (QED) is 0.839. The van der Waals surface area contributed by atoms with E-state index in [1.54, 1.807) is 18.5 Å². The van der Waals surface area contributed by atoms with Gasteiger partial charge in [0.15, 0.2) is 0 Å². The zero-order valence-electron chi connectivity index (χ0n) is 9.87. The SMILES string of the molecule is Fc1cc(Cl)cc(CNCCc2ccncc2)c1. The lowest BCUT2D eigenvalue weighted by molar-refractivity contribution is 0.620. The van der Waals surface area contributed by atoms with E-state index >= 15 is 0 Å². The molecule has 18 heavy (non-hydrogen) atoms. The fourth-order valence-electron chi connectivity index (χ4n) is 1.73. The minimum absolute atomic E-state index is 0.298. The monoisotopic (exact) mass is 264 g/mol. The molecule has 1 heterocycles. The second-order valence-corrected chi connectivity index (χ2v) is 4.50. The summed E-state index contributed by atoms with van der Waals surface area (Å²) in [5.74, 6) is -0.298. The van der Waals surface area contributed by atoms with Crippen molar-refractivity contribution < 1.29 is 4.39 Å². The standard InChI is InChI=1S/C14H14ClFN2/c15-13-7-12(8-14(16)9-13)10-18-6-3-11-1-4-17-5-2-11/h1-2,4-5,7-9,18H,3,6,10H2. The van der Waals surface area contributed by atoms with E-state index in [0.717, 1.165) is 18.5 Å². The highest BCUT2D eigenvalue weighted by atomic mass is 35.5. The van der Waals surface area contributed by atoms with Gasteiger partial charge in [-0.05, 0) is 54.4 Å². The van der Waals surface area contributed by atoms with E-state index in [4.69, 9.17) is 11.6 Å². The molecule has 2 rings (SSSR count). The molecule has 0 fully saturated rings. The maximum atomic E-state index is 13.1. The summed E-state index contributed by atoms with van der Waals surface area (Å²) in [4.78, 5) is 3.96. The van der Waals surface area contributed by atoms with Crippen LogP contribution in [-0.2, 0) is 13.0 Å². The molecule has 0 unspecified atom stereocenters. The molecular formula is C14H14ClFN2. The van der Waals surface area contributed by atoms with Crippen LogP contribution in [0.2, 0.25) is 5.02 Å². The van der Waals surface area contributed by atoms with E-state index in [1.165, 1.54) is 17.7 Å². The third-order valence-corrected chi connectivity index (χ3v) is 2.81. The number of pyridine rings is 1. The van der Waals surface area contributed by atoms with Crippen molar-refractivity contribution in [1.29, 1.82) is 0 Å². The van der Waals surface area contributed by atoms with Gasteiger partial charge in [-0.2, -0.15) is 0 Å². The predicted octanol–water partition coefficient (Wildman–Crippen LogP) is 3.21. The lowest BCUT2D eigenvalue weighted by Gasteiger charge is -2.06. The van der Waals surface area contributed by atoms with E-state index in [2.05, 4.69) is 10.3 Å². The van der Waals surface area contributed by atoms with E-state index in [0.29, 0.717) is 11.6 Å². The summed E-state index contributed by atoms with van der Waals surface area (Å²) in [5, 5.41) is 3.69. The molecule has 0 spiro atoms. The highest BCUT2D eigenvalue weighted by Crippen LogP contribution is 2.13. The molecule has 0 saturated heterocycles. The average molecular weight is 265 g/mol. The number of hydrogen-bond donors (Lipinski definition) is 1. The van der Waals surface area contributed by atoms with Crippen LogP contribution in [0.25, 0.3) is 0 Å². The van der Waals surface area contributed by atoms with Gasteiger partial charge >= 0.3 is 0 Å². The van der Waals surface area contributed by atoms with Crippen LogP contribution < -0.4 is 5.32 Å². The van der Waals surface area contributed by atoms with Gasteiger partial charge in [0.05, 0.1) is 0 Å². The molecule has 2 aromatic rings. The number of rotatable bonds is 5. The first-order chi connectivity index (χ1) is 8.74. The summed E-state index contributed by atoms with van der Waals surface area (Å²) in [6, 6.07) is 8.54. The first-order valence-corrected chi connectivity index (χ1v) is 6.16. The molecule has 2 nitrogen and oxygen atoms in total. The van der Waals surface area contributed by atoms with Crippen LogP contribution in [0, 0.1) is 5.82 Å². The Labute approximate surface area is 111 Å². The molecular weight excluding hydrogens is 251 g/mol. The third kappa shape index (κ3) is 4.09. The minimum atomic E-state index is -0.298. The molecule has 0 aliphatic heterocycles. The molecule has 0 aliphatic carbocycles. The van der Waals surface area contributed by atoms with Crippen molar-refractivity contribution in [1.82, 2.24) is 10.3 Å². The van der Waals surface area contributed by atoms with Gasteiger partial charge in [-0.25, -0.2) is 4.39 Å². The average Bonchev–Trinajstić information content (AvgIpc) is 2.35. The van der Waals surface area contributed by atoms with Crippen LogP contribution >= 0.6 is 11.6 Å². The second-order valence-electron chi connectivity index (χ2n) is 4.06. The van der Waals surface area contributed by atoms with Crippen molar-refractivity contribution in [2.45, 2.75) is 13.0 Å². The second kappa shape index (κ2) is 6.47. The first kappa shape index (κ1) is 13.0. The van der Waals surface area contributed by atoms with Crippen molar-refractivity contribution in [3.05, 3.63) is 64.7 Å². The van der Waals surface area contributed by atoms with Gasteiger partial charge in [0.1, 0.15) is 5.82 Å². The van der Waals surface area contributed by atoms with Crippen LogP contribution in [0.5, 0.6) is 0 Å². The summed E-state index contributed by atoms with van der Waals surface area (Å²) in [6.45, 7) is 1.45. The zero-order valence-corrected chi connectivity index (χ0v) is 10.6. The summed E-state index contributed by atoms with van der Waals surface area (Å²) < 4.78 is 13.1. The van der Waals surface area contributed by atoms with Gasteiger partial charge in [-0.15, -0.1) is 0 Å². The predicted molar refractivity (Wildman–Crippen MR) is 71.1 cm³/mol. The maximum absolute atomic E-state index is 13.1. The molecule has 1 aromatic heterocycles. The van der Waals surface area contributed by atoms with Crippen molar-refractivity contribution in [2.75, 3.05) is 6.54 Å². The largest absolute Gasteiger partial charge is 0.312 e. The molecule has 0 saturated carbocycles. The van der Waals surface area contributed by atoms with Crippen molar-refractivity contribution in [2.24, 2.45) is 0 Å². The lowest BCUT2D eigenvalue weighted by Crippen LogP contribution is -2.16. The topological polar surface area (TPSA) is 24.9 Å². The van der Waals surface area contributed by atoms with E-state index in [1.807, 2.05) is 12.1 Å². The third-order valence-electron chi connectivity index (χ3n) is 2.59. The number of halogens is 2. The number of hydrogen-bond acceptors (Lipinski definition) is 2. The number of nitrogens with zero attached hydrogens (tertiary/aromatic N) is 1. The lowest BCUT2D eigenvalue weighted by atomic mass is 10.2. The molecule has 1 aromatic carbocycles. The number of nitrogens with one attached hydrogen (secondary N) is 1. The van der Waals surface area contributed by atoms with Gasteiger partial charge in [-0.1, -0.05) is 11.6 Å². The molecule has 0 aliphatic rings. The Kier molecular flexibility index (Phi) is 4.67. The van der Waals surface area contributed by atoms with Crippen molar-refractivity contribution in [3.8, 4) is 0 Å². The highest BCUT2D eigenvalue weighted by Gasteiger charge is 1.99. The van der Waals surface area contributed by atoms with Gasteiger partial charge in [-0.3, -0.25) is 4.98 Å². The van der Waals surface area contributed by atoms with Crippen LogP contribution in [0.15, 0.2) is 42.7 Å². The highest BCUT2D eigenvalue weighted by molar-refractivity contribution is 6.30. The molecule has 0 bridgehead atoms. The van der Waals surface area contributed by atoms with Crippen molar-refractivity contribution >= 4 is 11.6 Å². The Balaban J connectivity index is 1.78. The first-order valence-electron chi connectivity index (χ1n) is 5.78. The Morgan fingerprint density at radius 1 is 1.11 bits per heavy atom. The van der Waals surface area contributed by atoms with Crippen LogP contribution in [-0.4, -0.2) is 11.5 Å².